The molecule has 3 fully saturated rings. The number of hydrogen-bond donors (Lipinski definition) is 3. The Morgan fingerprint density at radius 1 is 0.962 bits per heavy atom. The van der Waals surface area contributed by atoms with Crippen molar-refractivity contribution in [2.45, 2.75) is 120 Å². The smallest absolute Gasteiger partial charge is 0.407 e. The van der Waals surface area contributed by atoms with Gasteiger partial charge in [0.15, 0.2) is 0 Å². The zero-order valence-electron chi connectivity index (χ0n) is 31.5. The van der Waals surface area contributed by atoms with Crippen molar-refractivity contribution >= 4 is 33.8 Å². The van der Waals surface area contributed by atoms with Gasteiger partial charge in [-0.3, -0.25) is 19.1 Å². The molecule has 0 radical (unpaired) electrons. The zero-order chi connectivity index (χ0) is 38.2. The zero-order valence-corrected chi connectivity index (χ0v) is 32.4. The Morgan fingerprint density at radius 2 is 1.62 bits per heavy atom. The molecule has 3 aliphatic heterocycles. The molecule has 0 spiro atoms. The predicted molar refractivity (Wildman–Crippen MR) is 200 cm³/mol. The minimum atomic E-state index is -3.85. The van der Waals surface area contributed by atoms with E-state index in [4.69, 9.17) is 9.47 Å². The summed E-state index contributed by atoms with van der Waals surface area (Å²) in [5.41, 5.74) is 0.894. The number of rotatable bonds is 6. The third kappa shape index (κ3) is 8.25. The van der Waals surface area contributed by atoms with Crippen LogP contribution in [-0.4, -0.2) is 80.3 Å². The molecular weight excluding hydrogens is 697 g/mol. The molecular formula is C40H54N4O8S. The van der Waals surface area contributed by atoms with E-state index in [1.807, 2.05) is 51.1 Å². The van der Waals surface area contributed by atoms with Crippen LogP contribution in [0.1, 0.15) is 96.6 Å². The molecule has 2 saturated carbocycles. The summed E-state index contributed by atoms with van der Waals surface area (Å²) in [5, 5.41) is 5.05. The van der Waals surface area contributed by atoms with Gasteiger partial charge in [0.2, 0.25) is 21.8 Å². The first kappa shape index (κ1) is 38.7. The van der Waals surface area contributed by atoms with E-state index < -0.39 is 67.7 Å². The third-order valence-corrected chi connectivity index (χ3v) is 13.3. The number of carbonyl (C=O) groups is 4. The fourth-order valence-corrected chi connectivity index (χ4v) is 9.19. The summed E-state index contributed by atoms with van der Waals surface area (Å²) in [4.78, 5) is 57.1. The molecule has 4 amide bonds. The first-order valence-electron chi connectivity index (χ1n) is 19.0. The molecule has 2 aromatic carbocycles. The van der Waals surface area contributed by atoms with Gasteiger partial charge in [-0.1, -0.05) is 95.5 Å². The first-order chi connectivity index (χ1) is 25.1. The van der Waals surface area contributed by atoms with E-state index in [9.17, 15) is 27.6 Å². The molecule has 2 aliphatic carbocycles. The number of fused-ring (bicyclic) bond motifs is 13. The molecule has 13 heteroatoms. The van der Waals surface area contributed by atoms with Crippen molar-refractivity contribution in [3.8, 4) is 11.1 Å². The fraction of sp³-hybridized carbons (Fsp3) is 0.600. The highest BCUT2D eigenvalue weighted by Gasteiger charge is 2.62. The second-order valence-electron chi connectivity index (χ2n) is 16.5. The van der Waals surface area contributed by atoms with Crippen molar-refractivity contribution in [1.29, 1.82) is 0 Å². The fourth-order valence-electron chi connectivity index (χ4n) is 7.83. The number of methoxy groups -OCH3 is 1. The molecule has 12 nitrogen and oxygen atoms in total. The lowest BCUT2D eigenvalue weighted by atomic mass is 9.85. The van der Waals surface area contributed by atoms with Crippen LogP contribution in [0.5, 0.6) is 0 Å². The van der Waals surface area contributed by atoms with Crippen molar-refractivity contribution in [2.24, 2.45) is 11.3 Å². The van der Waals surface area contributed by atoms with Crippen LogP contribution < -0.4 is 15.4 Å². The van der Waals surface area contributed by atoms with Crippen molar-refractivity contribution in [1.82, 2.24) is 20.3 Å². The first-order valence-corrected chi connectivity index (χ1v) is 20.5. The molecule has 53 heavy (non-hydrogen) atoms. The maximum absolute atomic E-state index is 14.7. The Morgan fingerprint density at radius 3 is 2.26 bits per heavy atom. The average Bonchev–Trinajstić information content (AvgIpc) is 4.04. The maximum atomic E-state index is 14.7. The van der Waals surface area contributed by atoms with Crippen LogP contribution in [0, 0.1) is 11.3 Å². The lowest BCUT2D eigenvalue weighted by molar-refractivity contribution is -0.143. The van der Waals surface area contributed by atoms with E-state index in [-0.39, 0.29) is 31.9 Å². The SMILES string of the molecule is CO[C@@]12C[C@@H](C(=O)N[C@]3(C(=O)NS(=O)(=O)C4CC4)C[C@H]3C)N(C1)C(=O)[C@H](C(C)(C)C)NC(=O)OCCCCCCCc1ccccc1-c1ccc2cc1. The molecule has 0 unspecified atom stereocenters. The van der Waals surface area contributed by atoms with E-state index in [0.717, 1.165) is 48.8 Å². The molecule has 7 rings (SSSR count). The molecule has 0 aromatic heterocycles. The van der Waals surface area contributed by atoms with E-state index in [2.05, 4.69) is 33.6 Å². The lowest BCUT2D eigenvalue weighted by Gasteiger charge is -2.36. The molecule has 2 aromatic rings. The van der Waals surface area contributed by atoms with Crippen LogP contribution in [0.4, 0.5) is 4.79 Å². The number of nitrogens with one attached hydrogen (secondary N) is 3. The summed E-state index contributed by atoms with van der Waals surface area (Å²) in [6.45, 7) is 7.46. The number of benzene rings is 2. The Bertz CT molecular complexity index is 1820. The quantitative estimate of drug-likeness (QED) is 0.374. The molecule has 5 atom stereocenters. The largest absolute Gasteiger partial charge is 0.450 e. The Hall–Kier alpha value is -3.97. The Balaban J connectivity index is 1.35. The molecule has 1 saturated heterocycles. The van der Waals surface area contributed by atoms with Crippen LogP contribution >= 0.6 is 0 Å². The molecule has 3 heterocycles. The van der Waals surface area contributed by atoms with Gasteiger partial charge in [-0.15, -0.1) is 0 Å². The van der Waals surface area contributed by atoms with Gasteiger partial charge in [-0.2, -0.15) is 0 Å². The van der Waals surface area contributed by atoms with Crippen LogP contribution in [0.25, 0.3) is 11.1 Å². The number of amides is 4. The Labute approximate surface area is 313 Å². The van der Waals surface area contributed by atoms with E-state index in [1.165, 1.54) is 10.5 Å². The average molecular weight is 751 g/mol. The maximum Gasteiger partial charge on any atom is 0.407 e. The van der Waals surface area contributed by atoms with Crippen molar-refractivity contribution < 1.29 is 37.1 Å². The van der Waals surface area contributed by atoms with Crippen molar-refractivity contribution in [3.05, 3.63) is 59.7 Å². The summed E-state index contributed by atoms with van der Waals surface area (Å²) < 4.78 is 39.4. The number of carbonyl (C=O) groups excluding carboxylic acids is 4. The highest BCUT2D eigenvalue weighted by Crippen LogP contribution is 2.46. The molecule has 3 N–H and O–H groups in total. The topological polar surface area (TPSA) is 160 Å². The van der Waals surface area contributed by atoms with Gasteiger partial charge < -0.3 is 25.0 Å². The second-order valence-corrected chi connectivity index (χ2v) is 18.4. The number of ether oxygens (including phenoxy) is 2. The minimum absolute atomic E-state index is 0.00945. The predicted octanol–water partition coefficient (Wildman–Crippen LogP) is 4.95. The van der Waals surface area contributed by atoms with Crippen LogP contribution in [0.3, 0.4) is 0 Å². The summed E-state index contributed by atoms with van der Waals surface area (Å²) in [6.07, 6.45) is 6.23. The third-order valence-electron chi connectivity index (χ3n) is 11.5. The summed E-state index contributed by atoms with van der Waals surface area (Å²) >= 11 is 0. The molecule has 4 bridgehead atoms. The van der Waals surface area contributed by atoms with E-state index in [1.54, 1.807) is 14.0 Å². The monoisotopic (exact) mass is 750 g/mol. The summed E-state index contributed by atoms with van der Waals surface area (Å²) in [5.74, 6) is -2.20. The standard InChI is InChI=1S/C40H54N4O8S/c1-26-23-40(26,36(47)43-53(49,50)30-20-21-30)42-34(45)32-24-39(51-5)25-44(32)35(46)33(38(2,3)4)41-37(48)52-22-12-8-6-7-9-13-27-14-10-11-15-31(27)28-16-18-29(39)19-17-28/h10-11,14-19,26,30,32-33H,6-9,12-13,20-25H2,1-5H3,(H,41,48)(H,42,45)(H,43,47)/t26-,32+,33-,39+,40-/m1/s1. The van der Waals surface area contributed by atoms with Crippen molar-refractivity contribution in [2.75, 3.05) is 20.3 Å². The van der Waals surface area contributed by atoms with E-state index >= 15 is 0 Å². The molecule has 288 valence electrons. The van der Waals surface area contributed by atoms with Gasteiger partial charge in [-0.05, 0) is 72.1 Å². The van der Waals surface area contributed by atoms with E-state index in [0.29, 0.717) is 19.3 Å². The highest BCUT2D eigenvalue weighted by molar-refractivity contribution is 7.91. The number of nitrogens with zero attached hydrogens (tertiary/aromatic N) is 1. The minimum Gasteiger partial charge on any atom is -0.450 e. The van der Waals surface area contributed by atoms with Crippen LogP contribution in [-0.2, 0) is 45.9 Å². The van der Waals surface area contributed by atoms with Crippen LogP contribution in [0.15, 0.2) is 48.5 Å². The van der Waals surface area contributed by atoms with Gasteiger partial charge in [0.1, 0.15) is 23.2 Å². The van der Waals surface area contributed by atoms with Gasteiger partial charge in [-0.25, -0.2) is 13.2 Å². The summed E-state index contributed by atoms with van der Waals surface area (Å²) in [6, 6.07) is 14.2. The number of hydrogen-bond acceptors (Lipinski definition) is 8. The van der Waals surface area contributed by atoms with Gasteiger partial charge in [0, 0.05) is 13.5 Å². The van der Waals surface area contributed by atoms with Crippen LogP contribution in [0.2, 0.25) is 0 Å². The van der Waals surface area contributed by atoms with Gasteiger partial charge in [0.25, 0.3) is 5.91 Å². The lowest BCUT2D eigenvalue weighted by Crippen LogP contribution is -2.60. The highest BCUT2D eigenvalue weighted by atomic mass is 32.2. The van der Waals surface area contributed by atoms with Crippen molar-refractivity contribution in [3.63, 3.8) is 0 Å². The normalized spacial score (nSPS) is 28.5. The summed E-state index contributed by atoms with van der Waals surface area (Å²) in [7, 11) is -2.31. The Kier molecular flexibility index (Phi) is 11.0. The number of alkyl carbamates (subject to hydrolysis) is 1. The second kappa shape index (κ2) is 15.0. The number of sulfonamides is 1. The number of aryl methyl sites for hydroxylation is 1. The van der Waals surface area contributed by atoms with Gasteiger partial charge >= 0.3 is 6.09 Å². The van der Waals surface area contributed by atoms with Gasteiger partial charge in [0.05, 0.1) is 18.4 Å². The molecule has 5 aliphatic rings.